The Kier molecular flexibility index (Phi) is 5.44. The summed E-state index contributed by atoms with van der Waals surface area (Å²) in [7, 11) is 3.75. The van der Waals surface area contributed by atoms with Gasteiger partial charge in [0, 0.05) is 12.6 Å². The largest absolute Gasteiger partial charge is 0.496 e. The van der Waals surface area contributed by atoms with Crippen molar-refractivity contribution < 1.29 is 9.94 Å². The molecule has 21 heavy (non-hydrogen) atoms. The Balaban J connectivity index is 2.12. The molecule has 0 unspecified atom stereocenters. The van der Waals surface area contributed by atoms with E-state index in [-0.39, 0.29) is 5.84 Å². The molecule has 5 heteroatoms. The Hall–Kier alpha value is -1.75. The van der Waals surface area contributed by atoms with Crippen LogP contribution in [0, 0.1) is 0 Å². The third kappa shape index (κ3) is 3.88. The van der Waals surface area contributed by atoms with Crippen molar-refractivity contribution in [1.29, 1.82) is 0 Å². The highest BCUT2D eigenvalue weighted by molar-refractivity contribution is 5.99. The second kappa shape index (κ2) is 7.31. The second-order valence-electron chi connectivity index (χ2n) is 5.73. The van der Waals surface area contributed by atoms with E-state index < -0.39 is 0 Å². The molecule has 0 atom stereocenters. The van der Waals surface area contributed by atoms with E-state index in [1.165, 1.54) is 32.1 Å². The molecule has 5 nitrogen and oxygen atoms in total. The van der Waals surface area contributed by atoms with E-state index in [2.05, 4.69) is 17.1 Å². The van der Waals surface area contributed by atoms with Crippen molar-refractivity contribution >= 4 is 5.84 Å². The smallest absolute Gasteiger partial charge is 0.173 e. The van der Waals surface area contributed by atoms with Crippen molar-refractivity contribution in [1.82, 2.24) is 4.90 Å². The first-order valence-electron chi connectivity index (χ1n) is 7.50. The zero-order chi connectivity index (χ0) is 15.2. The molecule has 0 amide bonds. The maximum absolute atomic E-state index is 8.88. The van der Waals surface area contributed by atoms with Gasteiger partial charge in [-0.25, -0.2) is 0 Å². The van der Waals surface area contributed by atoms with E-state index in [1.807, 2.05) is 18.2 Å². The summed E-state index contributed by atoms with van der Waals surface area (Å²) in [6.45, 7) is 0.861. The van der Waals surface area contributed by atoms with Gasteiger partial charge in [-0.1, -0.05) is 30.5 Å². The monoisotopic (exact) mass is 291 g/mol. The van der Waals surface area contributed by atoms with Crippen LogP contribution in [0.5, 0.6) is 5.75 Å². The molecule has 2 rings (SSSR count). The number of amidine groups is 1. The first-order valence-corrected chi connectivity index (χ1v) is 7.50. The van der Waals surface area contributed by atoms with Crippen molar-refractivity contribution in [2.24, 2.45) is 10.9 Å². The van der Waals surface area contributed by atoms with Crippen molar-refractivity contribution in [3.63, 3.8) is 0 Å². The van der Waals surface area contributed by atoms with Gasteiger partial charge in [-0.2, -0.15) is 0 Å². The van der Waals surface area contributed by atoms with Gasteiger partial charge in [-0.3, -0.25) is 4.90 Å². The number of ether oxygens (including phenoxy) is 1. The summed E-state index contributed by atoms with van der Waals surface area (Å²) in [6, 6.07) is 6.50. The summed E-state index contributed by atoms with van der Waals surface area (Å²) in [4.78, 5) is 2.40. The second-order valence-corrected chi connectivity index (χ2v) is 5.73. The fourth-order valence-corrected chi connectivity index (χ4v) is 3.05. The van der Waals surface area contributed by atoms with Crippen molar-refractivity contribution in [2.45, 2.75) is 44.7 Å². The van der Waals surface area contributed by atoms with Crippen molar-refractivity contribution in [3.05, 3.63) is 29.3 Å². The number of oxime groups is 1. The number of methoxy groups -OCH3 is 1. The van der Waals surface area contributed by atoms with E-state index in [0.717, 1.165) is 12.1 Å². The molecule has 0 spiro atoms. The van der Waals surface area contributed by atoms with Gasteiger partial charge in [-0.05, 0) is 37.6 Å². The normalized spacial score (nSPS) is 17.2. The third-order valence-electron chi connectivity index (χ3n) is 4.28. The van der Waals surface area contributed by atoms with Crippen LogP contribution in [-0.4, -0.2) is 36.1 Å². The van der Waals surface area contributed by atoms with Gasteiger partial charge < -0.3 is 15.7 Å². The molecular formula is C16H25N3O2. The van der Waals surface area contributed by atoms with Crippen LogP contribution in [0.3, 0.4) is 0 Å². The Bertz CT molecular complexity index is 496. The number of hydrogen-bond donors (Lipinski definition) is 2. The van der Waals surface area contributed by atoms with Crippen LogP contribution < -0.4 is 10.5 Å². The van der Waals surface area contributed by atoms with Gasteiger partial charge in [0.25, 0.3) is 0 Å². The average molecular weight is 291 g/mol. The van der Waals surface area contributed by atoms with Gasteiger partial charge >= 0.3 is 0 Å². The van der Waals surface area contributed by atoms with E-state index in [9.17, 15) is 0 Å². The zero-order valence-electron chi connectivity index (χ0n) is 12.9. The van der Waals surface area contributed by atoms with E-state index in [4.69, 9.17) is 15.7 Å². The molecule has 0 aromatic heterocycles. The molecule has 1 aromatic carbocycles. The lowest BCUT2D eigenvalue weighted by Crippen LogP contribution is -2.32. The number of benzene rings is 1. The first kappa shape index (κ1) is 15.6. The Morgan fingerprint density at radius 2 is 2.10 bits per heavy atom. The topological polar surface area (TPSA) is 71.1 Å². The minimum absolute atomic E-state index is 0.0778. The van der Waals surface area contributed by atoms with Crippen molar-refractivity contribution in [2.75, 3.05) is 14.2 Å². The Morgan fingerprint density at radius 1 is 1.38 bits per heavy atom. The molecule has 0 heterocycles. The third-order valence-corrected chi connectivity index (χ3v) is 4.28. The fraction of sp³-hybridized carbons (Fsp3) is 0.562. The van der Waals surface area contributed by atoms with Gasteiger partial charge in [0.05, 0.1) is 12.7 Å². The lowest BCUT2D eigenvalue weighted by atomic mass is 9.94. The number of rotatable bonds is 5. The lowest BCUT2D eigenvalue weighted by Gasteiger charge is -2.31. The maximum Gasteiger partial charge on any atom is 0.173 e. The van der Waals surface area contributed by atoms with Gasteiger partial charge in [0.2, 0.25) is 0 Å². The highest BCUT2D eigenvalue weighted by atomic mass is 16.5. The highest BCUT2D eigenvalue weighted by Gasteiger charge is 2.18. The average Bonchev–Trinajstić information content (AvgIpc) is 2.54. The van der Waals surface area contributed by atoms with Gasteiger partial charge in [0.15, 0.2) is 5.84 Å². The molecule has 0 radical (unpaired) electrons. The van der Waals surface area contributed by atoms with Crippen LogP contribution in [-0.2, 0) is 6.54 Å². The molecule has 1 saturated carbocycles. The van der Waals surface area contributed by atoms with Gasteiger partial charge in [0.1, 0.15) is 5.75 Å². The SMILES string of the molecule is COc1ccc(CN(C)C2CCCCC2)cc1C(N)=NO. The maximum atomic E-state index is 8.88. The molecule has 0 saturated heterocycles. The molecule has 1 aliphatic rings. The molecule has 1 aromatic rings. The van der Waals surface area contributed by atoms with Crippen LogP contribution in [0.2, 0.25) is 0 Å². The summed E-state index contributed by atoms with van der Waals surface area (Å²) < 4.78 is 5.26. The molecular weight excluding hydrogens is 266 g/mol. The predicted octanol–water partition coefficient (Wildman–Crippen LogP) is 2.55. The minimum Gasteiger partial charge on any atom is -0.496 e. The highest BCUT2D eigenvalue weighted by Crippen LogP contribution is 2.25. The van der Waals surface area contributed by atoms with E-state index in [0.29, 0.717) is 17.4 Å². The van der Waals surface area contributed by atoms with E-state index in [1.54, 1.807) is 7.11 Å². The summed E-state index contributed by atoms with van der Waals surface area (Å²) >= 11 is 0. The standard InChI is InChI=1S/C16H25N3O2/c1-19(13-6-4-3-5-7-13)11-12-8-9-15(21-2)14(10-12)16(17)18-20/h8-10,13,20H,3-7,11H2,1-2H3,(H2,17,18). The summed E-state index contributed by atoms with van der Waals surface area (Å²) in [5.41, 5.74) is 7.50. The fourth-order valence-electron chi connectivity index (χ4n) is 3.05. The Labute approximate surface area is 126 Å². The van der Waals surface area contributed by atoms with Crippen LogP contribution in [0.4, 0.5) is 0 Å². The van der Waals surface area contributed by atoms with Crippen LogP contribution >= 0.6 is 0 Å². The lowest BCUT2D eigenvalue weighted by molar-refractivity contribution is 0.184. The van der Waals surface area contributed by atoms with Crippen LogP contribution in [0.1, 0.15) is 43.2 Å². The molecule has 3 N–H and O–H groups in total. The molecule has 0 bridgehead atoms. The molecule has 116 valence electrons. The van der Waals surface area contributed by atoms with Crippen LogP contribution in [0.25, 0.3) is 0 Å². The van der Waals surface area contributed by atoms with Gasteiger partial charge in [-0.15, -0.1) is 0 Å². The molecule has 1 fully saturated rings. The minimum atomic E-state index is 0.0778. The predicted molar refractivity (Wildman–Crippen MR) is 83.8 cm³/mol. The zero-order valence-corrected chi connectivity index (χ0v) is 12.9. The van der Waals surface area contributed by atoms with Crippen LogP contribution in [0.15, 0.2) is 23.4 Å². The van der Waals surface area contributed by atoms with E-state index >= 15 is 0 Å². The number of nitrogens with zero attached hydrogens (tertiary/aromatic N) is 2. The summed E-state index contributed by atoms with van der Waals surface area (Å²) in [5, 5.41) is 12.0. The summed E-state index contributed by atoms with van der Waals surface area (Å²) in [6.07, 6.45) is 6.57. The molecule has 1 aliphatic carbocycles. The molecule has 0 aliphatic heterocycles. The number of nitrogens with two attached hydrogens (primary N) is 1. The van der Waals surface area contributed by atoms with Crippen molar-refractivity contribution in [3.8, 4) is 5.75 Å². The number of hydrogen-bond acceptors (Lipinski definition) is 4. The Morgan fingerprint density at radius 3 is 2.71 bits per heavy atom. The summed E-state index contributed by atoms with van der Waals surface area (Å²) in [5.74, 6) is 0.698. The first-order chi connectivity index (χ1) is 10.2. The quantitative estimate of drug-likeness (QED) is 0.378.